The van der Waals surface area contributed by atoms with E-state index in [0.29, 0.717) is 12.4 Å². The number of anilines is 2. The van der Waals surface area contributed by atoms with Crippen molar-refractivity contribution in [2.45, 2.75) is 6.92 Å². The van der Waals surface area contributed by atoms with Gasteiger partial charge in [-0.3, -0.25) is 5.43 Å². The summed E-state index contributed by atoms with van der Waals surface area (Å²) in [5.41, 5.74) is 3.15. The van der Waals surface area contributed by atoms with Crippen molar-refractivity contribution in [1.82, 2.24) is 9.97 Å². The predicted molar refractivity (Wildman–Crippen MR) is 62.8 cm³/mol. The van der Waals surface area contributed by atoms with Crippen LogP contribution in [0.3, 0.4) is 0 Å². The molecule has 90 valence electrons. The number of sulfone groups is 1. The Labute approximate surface area is 94.4 Å². The van der Waals surface area contributed by atoms with Crippen LogP contribution in [0, 0.1) is 6.92 Å². The SMILES string of the molecule is Cc1cnc(NN)nc1NCCS(C)(=O)=O. The third-order valence-corrected chi connectivity index (χ3v) is 2.81. The first-order valence-electron chi connectivity index (χ1n) is 4.64. The molecular formula is C8H15N5O2S. The Morgan fingerprint density at radius 1 is 1.50 bits per heavy atom. The summed E-state index contributed by atoms with van der Waals surface area (Å²) in [5, 5.41) is 2.92. The van der Waals surface area contributed by atoms with Gasteiger partial charge in [-0.15, -0.1) is 0 Å². The highest BCUT2D eigenvalue weighted by Crippen LogP contribution is 2.11. The van der Waals surface area contributed by atoms with Gasteiger partial charge in [0, 0.05) is 24.6 Å². The van der Waals surface area contributed by atoms with E-state index in [1.807, 2.05) is 6.92 Å². The number of aromatic nitrogens is 2. The van der Waals surface area contributed by atoms with Crippen LogP contribution in [-0.4, -0.2) is 36.9 Å². The second-order valence-electron chi connectivity index (χ2n) is 3.43. The Morgan fingerprint density at radius 3 is 2.75 bits per heavy atom. The number of hydrogen-bond donors (Lipinski definition) is 3. The van der Waals surface area contributed by atoms with E-state index in [2.05, 4.69) is 20.7 Å². The Hall–Kier alpha value is -1.41. The van der Waals surface area contributed by atoms with Gasteiger partial charge in [0.25, 0.3) is 0 Å². The highest BCUT2D eigenvalue weighted by Gasteiger charge is 2.05. The molecule has 0 saturated heterocycles. The fraction of sp³-hybridized carbons (Fsp3) is 0.500. The predicted octanol–water partition coefficient (Wildman–Crippen LogP) is -0.473. The van der Waals surface area contributed by atoms with Gasteiger partial charge in [0.2, 0.25) is 5.95 Å². The lowest BCUT2D eigenvalue weighted by atomic mass is 10.3. The molecule has 7 nitrogen and oxygen atoms in total. The van der Waals surface area contributed by atoms with Gasteiger partial charge in [-0.25, -0.2) is 19.2 Å². The Kier molecular flexibility index (Phi) is 4.02. The summed E-state index contributed by atoms with van der Waals surface area (Å²) >= 11 is 0. The van der Waals surface area contributed by atoms with Crippen molar-refractivity contribution in [3.05, 3.63) is 11.8 Å². The molecule has 0 amide bonds. The van der Waals surface area contributed by atoms with Crippen molar-refractivity contribution in [2.75, 3.05) is 29.3 Å². The third-order valence-electron chi connectivity index (χ3n) is 1.87. The second-order valence-corrected chi connectivity index (χ2v) is 5.69. The molecule has 1 rings (SSSR count). The van der Waals surface area contributed by atoms with Crippen molar-refractivity contribution in [1.29, 1.82) is 0 Å². The molecule has 1 aromatic rings. The van der Waals surface area contributed by atoms with Crippen molar-refractivity contribution in [3.8, 4) is 0 Å². The molecule has 16 heavy (non-hydrogen) atoms. The summed E-state index contributed by atoms with van der Waals surface area (Å²) in [5.74, 6) is 6.09. The minimum atomic E-state index is -2.97. The van der Waals surface area contributed by atoms with Crippen molar-refractivity contribution < 1.29 is 8.42 Å². The number of nitrogen functional groups attached to an aromatic ring is 1. The van der Waals surface area contributed by atoms with E-state index in [1.165, 1.54) is 6.26 Å². The summed E-state index contributed by atoms with van der Waals surface area (Å²) in [6.45, 7) is 2.13. The number of nitrogens with zero attached hydrogens (tertiary/aromatic N) is 2. The van der Waals surface area contributed by atoms with Gasteiger partial charge < -0.3 is 5.32 Å². The molecule has 0 aliphatic carbocycles. The van der Waals surface area contributed by atoms with Crippen LogP contribution >= 0.6 is 0 Å². The molecular weight excluding hydrogens is 230 g/mol. The summed E-state index contributed by atoms with van der Waals surface area (Å²) in [6.07, 6.45) is 2.79. The molecule has 0 bridgehead atoms. The zero-order valence-electron chi connectivity index (χ0n) is 9.19. The van der Waals surface area contributed by atoms with Gasteiger partial charge >= 0.3 is 0 Å². The summed E-state index contributed by atoms with van der Waals surface area (Å²) in [6, 6.07) is 0. The average Bonchev–Trinajstić information content (AvgIpc) is 2.19. The molecule has 0 unspecified atom stereocenters. The highest BCUT2D eigenvalue weighted by atomic mass is 32.2. The third kappa shape index (κ3) is 3.99. The lowest BCUT2D eigenvalue weighted by Crippen LogP contribution is -2.17. The maximum absolute atomic E-state index is 10.9. The molecule has 0 saturated carbocycles. The normalized spacial score (nSPS) is 11.2. The molecule has 0 atom stereocenters. The minimum absolute atomic E-state index is 0.0574. The van der Waals surface area contributed by atoms with Crippen LogP contribution < -0.4 is 16.6 Å². The Bertz CT molecular complexity index is 459. The standard InChI is InChI=1S/C8H15N5O2S/c1-6-5-11-8(13-9)12-7(6)10-3-4-16(2,14)15/h5H,3-4,9H2,1-2H3,(H2,10,11,12,13). The first kappa shape index (κ1) is 12.7. The largest absolute Gasteiger partial charge is 0.369 e. The minimum Gasteiger partial charge on any atom is -0.369 e. The molecule has 0 aliphatic rings. The lowest BCUT2D eigenvalue weighted by Gasteiger charge is -2.08. The van der Waals surface area contributed by atoms with E-state index in [1.54, 1.807) is 6.20 Å². The monoisotopic (exact) mass is 245 g/mol. The van der Waals surface area contributed by atoms with E-state index in [-0.39, 0.29) is 11.7 Å². The van der Waals surface area contributed by atoms with Crippen LogP contribution in [0.15, 0.2) is 6.20 Å². The fourth-order valence-electron chi connectivity index (χ4n) is 1.05. The van der Waals surface area contributed by atoms with Gasteiger partial charge in [-0.2, -0.15) is 4.98 Å². The van der Waals surface area contributed by atoms with E-state index >= 15 is 0 Å². The summed E-state index contributed by atoms with van der Waals surface area (Å²) in [7, 11) is -2.97. The van der Waals surface area contributed by atoms with Gasteiger partial charge in [-0.1, -0.05) is 0 Å². The zero-order chi connectivity index (χ0) is 12.2. The topological polar surface area (TPSA) is 110 Å². The Balaban J connectivity index is 2.66. The number of nitrogens with one attached hydrogen (secondary N) is 2. The van der Waals surface area contributed by atoms with Crippen molar-refractivity contribution in [3.63, 3.8) is 0 Å². The summed E-state index contributed by atoms with van der Waals surface area (Å²) in [4.78, 5) is 7.97. The number of hydrogen-bond acceptors (Lipinski definition) is 7. The van der Waals surface area contributed by atoms with Gasteiger partial charge in [0.15, 0.2) is 0 Å². The molecule has 1 heterocycles. The van der Waals surface area contributed by atoms with E-state index < -0.39 is 9.84 Å². The summed E-state index contributed by atoms with van der Waals surface area (Å²) < 4.78 is 21.8. The number of hydrazine groups is 1. The second kappa shape index (κ2) is 5.08. The average molecular weight is 245 g/mol. The van der Waals surface area contributed by atoms with Crippen LogP contribution in [0.4, 0.5) is 11.8 Å². The first-order valence-corrected chi connectivity index (χ1v) is 6.70. The molecule has 0 aromatic carbocycles. The van der Waals surface area contributed by atoms with Gasteiger partial charge in [0.1, 0.15) is 15.7 Å². The maximum Gasteiger partial charge on any atom is 0.239 e. The highest BCUT2D eigenvalue weighted by molar-refractivity contribution is 7.90. The first-order chi connectivity index (χ1) is 7.42. The van der Waals surface area contributed by atoms with E-state index in [0.717, 1.165) is 5.56 Å². The Morgan fingerprint density at radius 2 is 2.19 bits per heavy atom. The van der Waals surface area contributed by atoms with E-state index in [9.17, 15) is 8.42 Å². The molecule has 0 aliphatic heterocycles. The van der Waals surface area contributed by atoms with E-state index in [4.69, 9.17) is 5.84 Å². The zero-order valence-corrected chi connectivity index (χ0v) is 10.0. The molecule has 0 radical (unpaired) electrons. The van der Waals surface area contributed by atoms with Crippen LogP contribution in [0.2, 0.25) is 0 Å². The van der Waals surface area contributed by atoms with Crippen LogP contribution in [0.5, 0.6) is 0 Å². The smallest absolute Gasteiger partial charge is 0.239 e. The fourth-order valence-corrected chi connectivity index (χ4v) is 1.52. The van der Waals surface area contributed by atoms with Gasteiger partial charge in [-0.05, 0) is 6.92 Å². The molecule has 0 fully saturated rings. The van der Waals surface area contributed by atoms with Crippen LogP contribution in [0.25, 0.3) is 0 Å². The number of nitrogens with two attached hydrogens (primary N) is 1. The van der Waals surface area contributed by atoms with Gasteiger partial charge in [0.05, 0.1) is 5.75 Å². The van der Waals surface area contributed by atoms with Crippen LogP contribution in [0.1, 0.15) is 5.56 Å². The lowest BCUT2D eigenvalue weighted by molar-refractivity contribution is 0.602. The maximum atomic E-state index is 10.9. The molecule has 8 heteroatoms. The molecule has 4 N–H and O–H groups in total. The molecule has 1 aromatic heterocycles. The number of aryl methyl sites for hydroxylation is 1. The van der Waals surface area contributed by atoms with Crippen molar-refractivity contribution in [2.24, 2.45) is 5.84 Å². The van der Waals surface area contributed by atoms with Crippen LogP contribution in [-0.2, 0) is 9.84 Å². The quantitative estimate of drug-likeness (QED) is 0.475. The molecule has 0 spiro atoms. The number of rotatable bonds is 5. The van der Waals surface area contributed by atoms with Crippen molar-refractivity contribution >= 4 is 21.6 Å².